The number of ether oxygens (including phenoxy) is 1. The highest BCUT2D eigenvalue weighted by Crippen LogP contribution is 2.38. The minimum atomic E-state index is -4.53. The summed E-state index contributed by atoms with van der Waals surface area (Å²) in [5.41, 5.74) is -0.755. The fraction of sp³-hybridized carbons (Fsp3) is 0.273. The van der Waals surface area contributed by atoms with E-state index in [1.165, 1.54) is 19.2 Å². The molecular weight excluding hydrogens is 285 g/mol. The number of rotatable bonds is 3. The second kappa shape index (κ2) is 5.08. The number of hydrogen-bond donors (Lipinski definition) is 0. The quantitative estimate of drug-likeness (QED) is 0.812. The van der Waals surface area contributed by atoms with Crippen molar-refractivity contribution in [3.05, 3.63) is 29.6 Å². The van der Waals surface area contributed by atoms with Crippen molar-refractivity contribution < 1.29 is 22.4 Å². The van der Waals surface area contributed by atoms with E-state index in [0.29, 0.717) is 0 Å². The molecule has 0 N–H and O–H groups in total. The van der Waals surface area contributed by atoms with Gasteiger partial charge in [0.25, 0.3) is 5.89 Å². The van der Waals surface area contributed by atoms with Gasteiger partial charge in [-0.2, -0.15) is 18.2 Å². The Labute approximate surface area is 111 Å². The van der Waals surface area contributed by atoms with E-state index in [4.69, 9.17) is 16.1 Å². The molecule has 0 aliphatic rings. The first-order valence-electron chi connectivity index (χ1n) is 5.10. The SMILES string of the molecule is COc1ccc(-c2nc(CCl)no2)cc1C(F)(F)F. The molecule has 102 valence electrons. The lowest BCUT2D eigenvalue weighted by atomic mass is 10.1. The van der Waals surface area contributed by atoms with Crippen LogP contribution in [-0.2, 0) is 12.1 Å². The molecule has 0 saturated heterocycles. The van der Waals surface area contributed by atoms with E-state index in [1.807, 2.05) is 0 Å². The standard InChI is InChI=1S/C11H8ClF3N2O2/c1-18-8-3-2-6(4-7(8)11(13,14)15)10-16-9(5-12)17-19-10/h2-4H,5H2,1H3. The summed E-state index contributed by atoms with van der Waals surface area (Å²) in [7, 11) is 1.17. The van der Waals surface area contributed by atoms with Crippen molar-refractivity contribution in [3.8, 4) is 17.2 Å². The molecule has 0 atom stereocenters. The average molecular weight is 293 g/mol. The van der Waals surface area contributed by atoms with Crippen LogP contribution in [0.3, 0.4) is 0 Å². The van der Waals surface area contributed by atoms with Gasteiger partial charge in [0.1, 0.15) is 5.75 Å². The fourth-order valence-corrected chi connectivity index (χ4v) is 1.60. The molecule has 0 aliphatic carbocycles. The molecular formula is C11H8ClF3N2O2. The van der Waals surface area contributed by atoms with Gasteiger partial charge in [0.15, 0.2) is 5.82 Å². The van der Waals surface area contributed by atoms with Gasteiger partial charge in [-0.1, -0.05) is 5.16 Å². The summed E-state index contributed by atoms with van der Waals surface area (Å²) < 4.78 is 48.0. The zero-order valence-corrected chi connectivity index (χ0v) is 10.4. The zero-order valence-electron chi connectivity index (χ0n) is 9.66. The molecule has 1 aromatic carbocycles. The van der Waals surface area contributed by atoms with Crippen molar-refractivity contribution in [2.45, 2.75) is 12.1 Å². The fourth-order valence-electron chi connectivity index (χ4n) is 1.49. The molecule has 2 aromatic rings. The summed E-state index contributed by atoms with van der Waals surface area (Å²) in [4.78, 5) is 3.86. The summed E-state index contributed by atoms with van der Waals surface area (Å²) in [5, 5.41) is 3.51. The highest BCUT2D eigenvalue weighted by Gasteiger charge is 2.35. The first-order chi connectivity index (χ1) is 8.95. The van der Waals surface area contributed by atoms with Crippen LogP contribution >= 0.6 is 11.6 Å². The van der Waals surface area contributed by atoms with Gasteiger partial charge in [0.05, 0.1) is 18.6 Å². The Morgan fingerprint density at radius 2 is 2.11 bits per heavy atom. The van der Waals surface area contributed by atoms with E-state index in [-0.39, 0.29) is 28.9 Å². The Kier molecular flexibility index (Phi) is 3.66. The second-order valence-electron chi connectivity index (χ2n) is 3.56. The van der Waals surface area contributed by atoms with Crippen molar-refractivity contribution >= 4 is 11.6 Å². The molecule has 0 unspecified atom stereocenters. The van der Waals surface area contributed by atoms with Gasteiger partial charge in [-0.15, -0.1) is 11.6 Å². The molecule has 0 aliphatic heterocycles. The second-order valence-corrected chi connectivity index (χ2v) is 3.83. The average Bonchev–Trinajstić information content (AvgIpc) is 2.85. The number of methoxy groups -OCH3 is 1. The van der Waals surface area contributed by atoms with E-state index < -0.39 is 11.7 Å². The van der Waals surface area contributed by atoms with Gasteiger partial charge in [-0.25, -0.2) is 0 Å². The minimum absolute atomic E-state index is 0.0196. The van der Waals surface area contributed by atoms with Crippen LogP contribution in [0, 0.1) is 0 Å². The van der Waals surface area contributed by atoms with Crippen LogP contribution in [0.1, 0.15) is 11.4 Å². The van der Waals surface area contributed by atoms with E-state index in [1.54, 1.807) is 0 Å². The van der Waals surface area contributed by atoms with Crippen molar-refractivity contribution in [1.82, 2.24) is 10.1 Å². The molecule has 19 heavy (non-hydrogen) atoms. The van der Waals surface area contributed by atoms with Crippen molar-refractivity contribution in [2.24, 2.45) is 0 Å². The predicted molar refractivity (Wildman–Crippen MR) is 60.8 cm³/mol. The molecule has 4 nitrogen and oxygen atoms in total. The van der Waals surface area contributed by atoms with Gasteiger partial charge in [0.2, 0.25) is 0 Å². The lowest BCUT2D eigenvalue weighted by Gasteiger charge is -2.12. The third-order valence-electron chi connectivity index (χ3n) is 2.34. The predicted octanol–water partition coefficient (Wildman–Crippen LogP) is 3.50. The van der Waals surface area contributed by atoms with E-state index in [0.717, 1.165) is 6.07 Å². The van der Waals surface area contributed by atoms with Gasteiger partial charge < -0.3 is 9.26 Å². The first-order valence-corrected chi connectivity index (χ1v) is 5.63. The number of halogens is 4. The summed E-state index contributed by atoms with van der Waals surface area (Å²) in [6.07, 6.45) is -4.53. The van der Waals surface area contributed by atoms with Crippen molar-refractivity contribution in [2.75, 3.05) is 7.11 Å². The number of nitrogens with zero attached hydrogens (tertiary/aromatic N) is 2. The van der Waals surface area contributed by atoms with Crippen LogP contribution in [0.2, 0.25) is 0 Å². The van der Waals surface area contributed by atoms with Gasteiger partial charge in [-0.3, -0.25) is 0 Å². The summed E-state index contributed by atoms with van der Waals surface area (Å²) in [6, 6.07) is 3.49. The topological polar surface area (TPSA) is 48.2 Å². The molecule has 2 rings (SSSR count). The molecule has 0 fully saturated rings. The lowest BCUT2D eigenvalue weighted by Crippen LogP contribution is -2.07. The number of aromatic nitrogens is 2. The zero-order chi connectivity index (χ0) is 14.0. The van der Waals surface area contributed by atoms with Crippen LogP contribution in [0.15, 0.2) is 22.7 Å². The normalized spacial score (nSPS) is 11.6. The molecule has 0 radical (unpaired) electrons. The maximum Gasteiger partial charge on any atom is 0.419 e. The molecule has 1 aromatic heterocycles. The Bertz CT molecular complexity index is 584. The molecule has 0 amide bonds. The summed E-state index contributed by atoms with van der Waals surface area (Å²) in [6.45, 7) is 0. The van der Waals surface area contributed by atoms with Crippen molar-refractivity contribution in [3.63, 3.8) is 0 Å². The largest absolute Gasteiger partial charge is 0.496 e. The van der Waals surface area contributed by atoms with E-state index >= 15 is 0 Å². The van der Waals surface area contributed by atoms with E-state index in [2.05, 4.69) is 14.9 Å². The lowest BCUT2D eigenvalue weighted by molar-refractivity contribution is -0.138. The third-order valence-corrected chi connectivity index (χ3v) is 2.58. The van der Waals surface area contributed by atoms with Crippen LogP contribution in [0.4, 0.5) is 13.2 Å². The molecule has 8 heteroatoms. The van der Waals surface area contributed by atoms with Crippen LogP contribution in [0.5, 0.6) is 5.75 Å². The van der Waals surface area contributed by atoms with Crippen LogP contribution < -0.4 is 4.74 Å². The monoisotopic (exact) mass is 292 g/mol. The van der Waals surface area contributed by atoms with Crippen LogP contribution in [-0.4, -0.2) is 17.3 Å². The smallest absolute Gasteiger partial charge is 0.419 e. The van der Waals surface area contributed by atoms with Gasteiger partial charge in [0, 0.05) is 5.56 Å². The Morgan fingerprint density at radius 1 is 1.37 bits per heavy atom. The molecule has 1 heterocycles. The Morgan fingerprint density at radius 3 is 2.63 bits per heavy atom. The highest BCUT2D eigenvalue weighted by atomic mass is 35.5. The van der Waals surface area contributed by atoms with Gasteiger partial charge in [-0.05, 0) is 18.2 Å². The highest BCUT2D eigenvalue weighted by molar-refractivity contribution is 6.16. The van der Waals surface area contributed by atoms with Gasteiger partial charge >= 0.3 is 6.18 Å². The number of hydrogen-bond acceptors (Lipinski definition) is 4. The third kappa shape index (κ3) is 2.81. The maximum absolute atomic E-state index is 12.8. The summed E-state index contributed by atoms with van der Waals surface area (Å²) >= 11 is 5.49. The minimum Gasteiger partial charge on any atom is -0.496 e. The molecule has 0 saturated carbocycles. The number of alkyl halides is 4. The van der Waals surface area contributed by atoms with Crippen molar-refractivity contribution in [1.29, 1.82) is 0 Å². The van der Waals surface area contributed by atoms with E-state index in [9.17, 15) is 13.2 Å². The molecule has 0 bridgehead atoms. The Balaban J connectivity index is 2.48. The van der Waals surface area contributed by atoms with Crippen LogP contribution in [0.25, 0.3) is 11.5 Å². The maximum atomic E-state index is 12.8. The number of benzene rings is 1. The molecule has 0 spiro atoms. The first kappa shape index (κ1) is 13.7. The summed E-state index contributed by atoms with van der Waals surface area (Å²) in [5.74, 6) is -0.0654. The Hall–Kier alpha value is -1.76.